The van der Waals surface area contributed by atoms with Gasteiger partial charge in [-0.2, -0.15) is 4.98 Å². The highest BCUT2D eigenvalue weighted by molar-refractivity contribution is 5.94. The van der Waals surface area contributed by atoms with E-state index in [0.29, 0.717) is 44.9 Å². The van der Waals surface area contributed by atoms with E-state index in [2.05, 4.69) is 10.1 Å². The second-order valence-corrected chi connectivity index (χ2v) is 7.23. The van der Waals surface area contributed by atoms with E-state index in [1.54, 1.807) is 68.9 Å². The van der Waals surface area contributed by atoms with E-state index in [1.165, 1.54) is 16.7 Å². The van der Waals surface area contributed by atoms with E-state index < -0.39 is 5.82 Å². The molecule has 5 aromatic rings. The van der Waals surface area contributed by atoms with E-state index in [0.717, 1.165) is 0 Å². The molecule has 0 atom stereocenters. The third kappa shape index (κ3) is 3.61. The number of nitrogens with zero attached hydrogens (tertiary/aromatic N) is 3. The van der Waals surface area contributed by atoms with Gasteiger partial charge in [-0.3, -0.25) is 9.36 Å². The Morgan fingerprint density at radius 1 is 0.909 bits per heavy atom. The Kier molecular flexibility index (Phi) is 5.10. The predicted octanol–water partition coefficient (Wildman–Crippen LogP) is 4.86. The zero-order valence-electron chi connectivity index (χ0n) is 17.8. The van der Waals surface area contributed by atoms with E-state index in [4.69, 9.17) is 14.0 Å². The summed E-state index contributed by atoms with van der Waals surface area (Å²) >= 11 is 0. The Bertz CT molecular complexity index is 1540. The van der Waals surface area contributed by atoms with Crippen LogP contribution in [0.2, 0.25) is 0 Å². The van der Waals surface area contributed by atoms with E-state index in [1.807, 2.05) is 6.07 Å². The lowest BCUT2D eigenvalue weighted by atomic mass is 10.1. The van der Waals surface area contributed by atoms with Gasteiger partial charge in [-0.25, -0.2) is 4.39 Å². The second kappa shape index (κ2) is 8.23. The summed E-state index contributed by atoms with van der Waals surface area (Å²) in [4.78, 5) is 17.7. The first kappa shape index (κ1) is 20.4. The van der Waals surface area contributed by atoms with Gasteiger partial charge >= 0.3 is 0 Å². The molecular weight excluding hydrogens is 425 g/mol. The van der Waals surface area contributed by atoms with Crippen LogP contribution >= 0.6 is 0 Å². The topological polar surface area (TPSA) is 79.4 Å². The van der Waals surface area contributed by atoms with Gasteiger partial charge in [0.25, 0.3) is 11.4 Å². The number of hydrogen-bond donors (Lipinski definition) is 0. The summed E-state index contributed by atoms with van der Waals surface area (Å²) in [6, 6.07) is 18.2. The summed E-state index contributed by atoms with van der Waals surface area (Å²) in [7, 11) is 3.11. The molecule has 8 heteroatoms. The monoisotopic (exact) mass is 443 g/mol. The first-order valence-corrected chi connectivity index (χ1v) is 10.1. The van der Waals surface area contributed by atoms with Crippen molar-refractivity contribution in [1.82, 2.24) is 14.7 Å². The van der Waals surface area contributed by atoms with Crippen molar-refractivity contribution >= 4 is 10.8 Å². The molecule has 0 aliphatic carbocycles. The molecule has 5 rings (SSSR count). The number of rotatable bonds is 5. The van der Waals surface area contributed by atoms with Gasteiger partial charge in [0, 0.05) is 23.0 Å². The van der Waals surface area contributed by atoms with Gasteiger partial charge in [0.2, 0.25) is 5.82 Å². The molecule has 3 aromatic carbocycles. The lowest BCUT2D eigenvalue weighted by Crippen LogP contribution is -2.18. The minimum Gasteiger partial charge on any atom is -0.497 e. The summed E-state index contributed by atoms with van der Waals surface area (Å²) in [5.74, 6) is 1.24. The molecule has 0 amide bonds. The minimum atomic E-state index is -0.444. The number of fused-ring (bicyclic) bond motifs is 1. The highest BCUT2D eigenvalue weighted by Gasteiger charge is 2.19. The fourth-order valence-electron chi connectivity index (χ4n) is 3.71. The fraction of sp³-hybridized carbons (Fsp3) is 0.0800. The van der Waals surface area contributed by atoms with Crippen molar-refractivity contribution in [2.45, 2.75) is 0 Å². The maximum Gasteiger partial charge on any atom is 0.262 e. The molecule has 0 N–H and O–H groups in total. The van der Waals surface area contributed by atoms with Gasteiger partial charge < -0.3 is 14.0 Å². The summed E-state index contributed by atoms with van der Waals surface area (Å²) < 4.78 is 31.5. The Morgan fingerprint density at radius 3 is 2.48 bits per heavy atom. The molecule has 0 bridgehead atoms. The molecular formula is C25H18FN3O4. The SMILES string of the molecule is COc1ccc(-c2noc(-c3cn(-c4cccc(F)c4)c(=O)c4ccccc34)n2)c(OC)c1. The molecule has 7 nitrogen and oxygen atoms in total. The first-order valence-electron chi connectivity index (χ1n) is 10.1. The van der Waals surface area contributed by atoms with Gasteiger partial charge in [0.05, 0.1) is 31.0 Å². The molecule has 0 aliphatic rings. The van der Waals surface area contributed by atoms with E-state index in [-0.39, 0.29) is 11.4 Å². The number of methoxy groups -OCH3 is 2. The van der Waals surface area contributed by atoms with Crippen LogP contribution in [-0.2, 0) is 0 Å². The number of ether oxygens (including phenoxy) is 2. The Morgan fingerprint density at radius 2 is 1.73 bits per heavy atom. The van der Waals surface area contributed by atoms with Gasteiger partial charge in [0.1, 0.15) is 17.3 Å². The van der Waals surface area contributed by atoms with Crippen molar-refractivity contribution < 1.29 is 18.4 Å². The molecule has 2 heterocycles. The molecule has 0 aliphatic heterocycles. The van der Waals surface area contributed by atoms with Crippen molar-refractivity contribution in [2.75, 3.05) is 14.2 Å². The van der Waals surface area contributed by atoms with Crippen LogP contribution in [0.15, 0.2) is 82.2 Å². The third-order valence-electron chi connectivity index (χ3n) is 5.32. The molecule has 0 unspecified atom stereocenters. The lowest BCUT2D eigenvalue weighted by Gasteiger charge is -2.10. The summed E-state index contributed by atoms with van der Waals surface area (Å²) in [5, 5.41) is 5.21. The van der Waals surface area contributed by atoms with Crippen molar-refractivity contribution in [2.24, 2.45) is 0 Å². The lowest BCUT2D eigenvalue weighted by molar-refractivity contribution is 0.394. The largest absolute Gasteiger partial charge is 0.497 e. The smallest absolute Gasteiger partial charge is 0.262 e. The second-order valence-electron chi connectivity index (χ2n) is 7.23. The maximum absolute atomic E-state index is 13.9. The number of aromatic nitrogens is 3. The molecule has 2 aromatic heterocycles. The Labute approximate surface area is 187 Å². The molecule has 0 radical (unpaired) electrons. The maximum atomic E-state index is 13.9. The van der Waals surface area contributed by atoms with Crippen molar-refractivity contribution in [1.29, 1.82) is 0 Å². The Balaban J connectivity index is 1.70. The van der Waals surface area contributed by atoms with Gasteiger partial charge in [-0.05, 0) is 36.4 Å². The van der Waals surface area contributed by atoms with Crippen molar-refractivity contribution in [3.63, 3.8) is 0 Å². The van der Waals surface area contributed by atoms with Crippen LogP contribution in [0.4, 0.5) is 4.39 Å². The van der Waals surface area contributed by atoms with Crippen LogP contribution < -0.4 is 15.0 Å². The molecule has 0 saturated heterocycles. The molecule has 33 heavy (non-hydrogen) atoms. The van der Waals surface area contributed by atoms with Crippen LogP contribution in [0.1, 0.15) is 0 Å². The predicted molar refractivity (Wildman–Crippen MR) is 121 cm³/mol. The van der Waals surface area contributed by atoms with E-state index in [9.17, 15) is 9.18 Å². The van der Waals surface area contributed by atoms with Crippen LogP contribution in [0, 0.1) is 5.82 Å². The minimum absolute atomic E-state index is 0.212. The van der Waals surface area contributed by atoms with Crippen LogP contribution in [-0.4, -0.2) is 28.9 Å². The number of halogens is 1. The van der Waals surface area contributed by atoms with Crippen LogP contribution in [0.25, 0.3) is 39.3 Å². The van der Waals surface area contributed by atoms with Gasteiger partial charge in [0.15, 0.2) is 0 Å². The average molecular weight is 443 g/mol. The average Bonchev–Trinajstić information content (AvgIpc) is 3.34. The number of pyridine rings is 1. The Hall–Kier alpha value is -4.46. The van der Waals surface area contributed by atoms with E-state index >= 15 is 0 Å². The molecule has 164 valence electrons. The molecule has 0 spiro atoms. The fourth-order valence-corrected chi connectivity index (χ4v) is 3.71. The van der Waals surface area contributed by atoms with Crippen LogP contribution in [0.5, 0.6) is 11.5 Å². The number of hydrogen-bond acceptors (Lipinski definition) is 6. The normalized spacial score (nSPS) is 11.0. The third-order valence-corrected chi connectivity index (χ3v) is 5.32. The summed E-state index contributed by atoms with van der Waals surface area (Å²) in [5.41, 5.74) is 1.27. The van der Waals surface area contributed by atoms with Crippen LogP contribution in [0.3, 0.4) is 0 Å². The van der Waals surface area contributed by atoms with Gasteiger partial charge in [-0.1, -0.05) is 29.4 Å². The highest BCUT2D eigenvalue weighted by atomic mass is 19.1. The summed E-state index contributed by atoms with van der Waals surface area (Å²) in [6.07, 6.45) is 1.59. The highest BCUT2D eigenvalue weighted by Crippen LogP contribution is 2.34. The van der Waals surface area contributed by atoms with Gasteiger partial charge in [-0.15, -0.1) is 0 Å². The number of benzene rings is 3. The van der Waals surface area contributed by atoms with Crippen molar-refractivity contribution in [3.8, 4) is 40.0 Å². The molecule has 0 saturated carbocycles. The molecule has 0 fully saturated rings. The quantitative estimate of drug-likeness (QED) is 0.386. The summed E-state index contributed by atoms with van der Waals surface area (Å²) in [6.45, 7) is 0. The zero-order valence-corrected chi connectivity index (χ0v) is 17.8. The van der Waals surface area contributed by atoms with Crippen molar-refractivity contribution in [3.05, 3.63) is 89.1 Å². The zero-order chi connectivity index (χ0) is 22.9. The first-order chi connectivity index (χ1) is 16.1. The standard InChI is InChI=1S/C25H18FN3O4/c1-31-17-10-11-20(22(13-17)32-2)23-27-24(33-28-23)21-14-29(16-7-5-6-15(26)12-16)25(30)19-9-4-3-8-18(19)21/h3-14H,1-2H3.